The highest BCUT2D eigenvalue weighted by molar-refractivity contribution is 5.92. The van der Waals surface area contributed by atoms with Crippen molar-refractivity contribution in [3.05, 3.63) is 60.2 Å². The molecule has 1 unspecified atom stereocenters. The van der Waals surface area contributed by atoms with E-state index in [2.05, 4.69) is 27.4 Å². The Morgan fingerprint density at radius 1 is 1.21 bits per heavy atom. The van der Waals surface area contributed by atoms with Crippen molar-refractivity contribution in [3.8, 4) is 0 Å². The van der Waals surface area contributed by atoms with Crippen LogP contribution < -0.4 is 0 Å². The minimum atomic E-state index is -0.0318. The second-order valence-electron chi connectivity index (χ2n) is 7.40. The number of rotatable bonds is 6. The molecule has 1 fully saturated rings. The molecule has 0 aliphatic carbocycles. The van der Waals surface area contributed by atoms with Gasteiger partial charge in [0.05, 0.1) is 17.6 Å². The van der Waals surface area contributed by atoms with Gasteiger partial charge in [-0.25, -0.2) is 4.98 Å². The first-order valence-corrected chi connectivity index (χ1v) is 10.0. The summed E-state index contributed by atoms with van der Waals surface area (Å²) < 4.78 is 2.08. The molecule has 146 valence electrons. The zero-order chi connectivity index (χ0) is 19.5. The summed E-state index contributed by atoms with van der Waals surface area (Å²) in [6, 6.07) is 14.0. The average molecular weight is 377 g/mol. The van der Waals surface area contributed by atoms with Gasteiger partial charge in [-0.1, -0.05) is 25.1 Å². The van der Waals surface area contributed by atoms with Crippen LogP contribution in [0.25, 0.3) is 11.0 Å². The van der Waals surface area contributed by atoms with Crippen molar-refractivity contribution in [1.82, 2.24) is 24.3 Å². The lowest BCUT2D eigenvalue weighted by Crippen LogP contribution is -2.43. The molecule has 1 aliphatic rings. The third-order valence-electron chi connectivity index (χ3n) is 5.72. The van der Waals surface area contributed by atoms with E-state index in [1.807, 2.05) is 42.3 Å². The van der Waals surface area contributed by atoms with Crippen molar-refractivity contribution < 1.29 is 4.79 Å². The van der Waals surface area contributed by atoms with Crippen molar-refractivity contribution in [2.24, 2.45) is 7.05 Å². The third kappa shape index (κ3) is 3.64. The number of imidazole rings is 1. The van der Waals surface area contributed by atoms with Crippen LogP contribution in [-0.4, -0.2) is 55.9 Å². The van der Waals surface area contributed by atoms with Gasteiger partial charge in [-0.2, -0.15) is 0 Å². The van der Waals surface area contributed by atoms with Crippen LogP contribution in [0.15, 0.2) is 48.7 Å². The molecular formula is C22H27N5O. The van der Waals surface area contributed by atoms with E-state index < -0.39 is 0 Å². The van der Waals surface area contributed by atoms with E-state index in [0.717, 1.165) is 36.4 Å². The van der Waals surface area contributed by atoms with Gasteiger partial charge in [-0.15, -0.1) is 0 Å². The number of benzene rings is 1. The fourth-order valence-corrected chi connectivity index (χ4v) is 4.15. The number of fused-ring (bicyclic) bond motifs is 1. The lowest BCUT2D eigenvalue weighted by molar-refractivity contribution is 0.0680. The van der Waals surface area contributed by atoms with Gasteiger partial charge in [0, 0.05) is 25.8 Å². The topological polar surface area (TPSA) is 54.3 Å². The molecule has 3 aromatic rings. The van der Waals surface area contributed by atoms with E-state index in [1.54, 1.807) is 12.3 Å². The molecule has 0 saturated carbocycles. The molecule has 6 nitrogen and oxygen atoms in total. The van der Waals surface area contributed by atoms with Gasteiger partial charge in [0.1, 0.15) is 11.5 Å². The summed E-state index contributed by atoms with van der Waals surface area (Å²) >= 11 is 0. The maximum atomic E-state index is 13.3. The quantitative estimate of drug-likeness (QED) is 0.662. The predicted molar refractivity (Wildman–Crippen MR) is 110 cm³/mol. The third-order valence-corrected chi connectivity index (χ3v) is 5.72. The summed E-state index contributed by atoms with van der Waals surface area (Å²) in [6.45, 7) is 5.50. The highest BCUT2D eigenvalue weighted by Crippen LogP contribution is 2.21. The summed E-state index contributed by atoms with van der Waals surface area (Å²) in [5.41, 5.74) is 2.53. The van der Waals surface area contributed by atoms with Gasteiger partial charge in [0.2, 0.25) is 0 Å². The van der Waals surface area contributed by atoms with Crippen molar-refractivity contribution in [2.45, 2.75) is 32.4 Å². The Balaban J connectivity index is 1.63. The Labute approximate surface area is 165 Å². The second kappa shape index (κ2) is 8.10. The molecule has 0 spiro atoms. The zero-order valence-corrected chi connectivity index (χ0v) is 16.6. The monoisotopic (exact) mass is 377 g/mol. The number of para-hydroxylation sites is 2. The molecule has 1 atom stereocenters. The Bertz CT molecular complexity index is 952. The molecule has 1 aliphatic heterocycles. The largest absolute Gasteiger partial charge is 0.330 e. The predicted octanol–water partition coefficient (Wildman–Crippen LogP) is 3.10. The van der Waals surface area contributed by atoms with Crippen LogP contribution in [0.3, 0.4) is 0 Å². The van der Waals surface area contributed by atoms with E-state index in [0.29, 0.717) is 24.8 Å². The van der Waals surface area contributed by atoms with Gasteiger partial charge in [-0.05, 0) is 50.2 Å². The van der Waals surface area contributed by atoms with Gasteiger partial charge in [0.15, 0.2) is 0 Å². The van der Waals surface area contributed by atoms with Crippen molar-refractivity contribution in [2.75, 3.05) is 19.6 Å². The number of likely N-dealkylation sites (N-methyl/N-ethyl adjacent to an activating group) is 1. The van der Waals surface area contributed by atoms with Crippen LogP contribution in [0.1, 0.15) is 36.1 Å². The van der Waals surface area contributed by atoms with Crippen molar-refractivity contribution in [1.29, 1.82) is 0 Å². The number of pyridine rings is 1. The average Bonchev–Trinajstić information content (AvgIpc) is 3.32. The number of likely N-dealkylation sites (tertiary alicyclic amines) is 1. The van der Waals surface area contributed by atoms with Gasteiger partial charge in [0.25, 0.3) is 5.91 Å². The first-order valence-electron chi connectivity index (χ1n) is 10.0. The second-order valence-corrected chi connectivity index (χ2v) is 7.40. The molecule has 0 bridgehead atoms. The van der Waals surface area contributed by atoms with Crippen molar-refractivity contribution in [3.63, 3.8) is 0 Å². The summed E-state index contributed by atoms with van der Waals surface area (Å²) in [6.07, 6.45) is 3.99. The number of amides is 1. The summed E-state index contributed by atoms with van der Waals surface area (Å²) in [7, 11) is 2.02. The minimum Gasteiger partial charge on any atom is -0.330 e. The zero-order valence-electron chi connectivity index (χ0n) is 16.6. The molecular weight excluding hydrogens is 350 g/mol. The Morgan fingerprint density at radius 2 is 2.04 bits per heavy atom. The van der Waals surface area contributed by atoms with Crippen LogP contribution in [0.2, 0.25) is 0 Å². The molecule has 1 amide bonds. The molecule has 28 heavy (non-hydrogen) atoms. The van der Waals surface area contributed by atoms with Crippen molar-refractivity contribution >= 4 is 16.9 Å². The summed E-state index contributed by atoms with van der Waals surface area (Å²) in [5.74, 6) is 0.863. The number of hydrogen-bond donors (Lipinski definition) is 0. The van der Waals surface area contributed by atoms with Gasteiger partial charge < -0.3 is 9.47 Å². The SMILES string of the molecule is CCN1CCCC1CN(Cc1nc2ccccc2n1C)C(=O)c1ccccn1. The van der Waals surface area contributed by atoms with Crippen LogP contribution in [0.5, 0.6) is 0 Å². The Hall–Kier alpha value is -2.73. The molecule has 4 rings (SSSR count). The number of carbonyl (C=O) groups excluding carboxylic acids is 1. The van der Waals surface area contributed by atoms with Crippen LogP contribution in [0, 0.1) is 0 Å². The molecule has 0 radical (unpaired) electrons. The lowest BCUT2D eigenvalue weighted by Gasteiger charge is -2.30. The van der Waals surface area contributed by atoms with E-state index >= 15 is 0 Å². The Morgan fingerprint density at radius 3 is 2.79 bits per heavy atom. The van der Waals surface area contributed by atoms with E-state index in [9.17, 15) is 4.79 Å². The fraction of sp³-hybridized carbons (Fsp3) is 0.409. The van der Waals surface area contributed by atoms with Gasteiger partial charge in [-0.3, -0.25) is 14.7 Å². The molecule has 0 N–H and O–H groups in total. The van der Waals surface area contributed by atoms with E-state index in [-0.39, 0.29) is 5.91 Å². The summed E-state index contributed by atoms with van der Waals surface area (Å²) in [5, 5.41) is 0. The van der Waals surface area contributed by atoms with Gasteiger partial charge >= 0.3 is 0 Å². The molecule has 2 aromatic heterocycles. The first-order chi connectivity index (χ1) is 13.7. The highest BCUT2D eigenvalue weighted by Gasteiger charge is 2.29. The number of aryl methyl sites for hydroxylation is 1. The Kier molecular flexibility index (Phi) is 5.39. The van der Waals surface area contributed by atoms with E-state index in [4.69, 9.17) is 4.98 Å². The maximum Gasteiger partial charge on any atom is 0.272 e. The van der Waals surface area contributed by atoms with Crippen LogP contribution >= 0.6 is 0 Å². The first kappa shape index (κ1) is 18.6. The maximum absolute atomic E-state index is 13.3. The number of nitrogens with zero attached hydrogens (tertiary/aromatic N) is 5. The smallest absolute Gasteiger partial charge is 0.272 e. The molecule has 3 heterocycles. The molecule has 1 aromatic carbocycles. The normalized spacial score (nSPS) is 17.3. The van der Waals surface area contributed by atoms with E-state index in [1.165, 1.54) is 6.42 Å². The lowest BCUT2D eigenvalue weighted by atomic mass is 10.2. The number of hydrogen-bond acceptors (Lipinski definition) is 4. The standard InChI is InChI=1S/C22H27N5O/c1-3-26-14-8-9-17(26)15-27(22(28)19-11-6-7-13-23-19)16-21-24-18-10-4-5-12-20(18)25(21)2/h4-7,10-13,17H,3,8-9,14-16H2,1-2H3. The number of carbonyl (C=O) groups is 1. The number of aromatic nitrogens is 3. The summed E-state index contributed by atoms with van der Waals surface area (Å²) in [4.78, 5) is 26.7. The minimum absolute atomic E-state index is 0.0318. The highest BCUT2D eigenvalue weighted by atomic mass is 16.2. The fourth-order valence-electron chi connectivity index (χ4n) is 4.15. The van der Waals surface area contributed by atoms with Crippen LogP contribution in [0.4, 0.5) is 0 Å². The molecule has 6 heteroatoms. The van der Waals surface area contributed by atoms with Crippen LogP contribution in [-0.2, 0) is 13.6 Å². The molecule has 1 saturated heterocycles.